The van der Waals surface area contributed by atoms with E-state index >= 15 is 0 Å². The highest BCUT2D eigenvalue weighted by Crippen LogP contribution is 2.54. The molecule has 4 atom stereocenters. The molecule has 6 nitrogen and oxygen atoms in total. The van der Waals surface area contributed by atoms with Crippen LogP contribution in [0.25, 0.3) is 0 Å². The molecule has 1 aromatic rings. The first kappa shape index (κ1) is 19.4. The van der Waals surface area contributed by atoms with Crippen LogP contribution in [0.15, 0.2) is 18.2 Å². The summed E-state index contributed by atoms with van der Waals surface area (Å²) in [7, 11) is 0. The third-order valence-corrected chi connectivity index (χ3v) is 6.31. The molecule has 150 valence electrons. The summed E-state index contributed by atoms with van der Waals surface area (Å²) in [5.41, 5.74) is -0.616. The minimum absolute atomic E-state index is 0.194. The summed E-state index contributed by atoms with van der Waals surface area (Å²) < 4.78 is 0. The molecule has 0 aliphatic carbocycles. The molecular formula is C21H26ClN3O3. The van der Waals surface area contributed by atoms with E-state index in [0.717, 1.165) is 0 Å². The fourth-order valence-corrected chi connectivity index (χ4v) is 5.32. The molecule has 3 aliphatic rings. The molecule has 0 saturated carbocycles. The highest BCUT2D eigenvalue weighted by molar-refractivity contribution is 6.31. The molecule has 2 saturated heterocycles. The molecule has 0 radical (unpaired) electrons. The summed E-state index contributed by atoms with van der Waals surface area (Å²) in [6.07, 6.45) is 0.698. The van der Waals surface area contributed by atoms with Crippen LogP contribution >= 0.6 is 11.6 Å². The Hall–Kier alpha value is -1.92. The van der Waals surface area contributed by atoms with Gasteiger partial charge in [-0.25, -0.2) is 0 Å². The van der Waals surface area contributed by atoms with E-state index in [1.807, 2.05) is 20.8 Å². The second kappa shape index (κ2) is 6.04. The average molecular weight is 404 g/mol. The first-order chi connectivity index (χ1) is 13.0. The number of nitrogens with one attached hydrogen (secondary N) is 2. The molecule has 1 aromatic carbocycles. The van der Waals surface area contributed by atoms with Crippen molar-refractivity contribution >= 4 is 35.0 Å². The number of benzene rings is 1. The van der Waals surface area contributed by atoms with Crippen molar-refractivity contribution in [1.82, 2.24) is 10.2 Å². The Morgan fingerprint density at radius 3 is 2.46 bits per heavy atom. The van der Waals surface area contributed by atoms with E-state index in [1.54, 1.807) is 18.2 Å². The highest BCUT2D eigenvalue weighted by Gasteiger charge is 2.71. The zero-order valence-electron chi connectivity index (χ0n) is 16.8. The number of nitrogens with zero attached hydrogens (tertiary/aromatic N) is 1. The Morgan fingerprint density at radius 1 is 1.18 bits per heavy atom. The summed E-state index contributed by atoms with van der Waals surface area (Å²) in [6.45, 7) is 9.69. The Morgan fingerprint density at radius 2 is 1.86 bits per heavy atom. The van der Waals surface area contributed by atoms with Gasteiger partial charge in [0.25, 0.3) is 0 Å². The van der Waals surface area contributed by atoms with Crippen LogP contribution in [0.1, 0.15) is 46.6 Å². The number of imide groups is 1. The third kappa shape index (κ3) is 2.47. The van der Waals surface area contributed by atoms with Gasteiger partial charge in [-0.15, -0.1) is 0 Å². The number of likely N-dealkylation sites (tertiary alicyclic amines) is 1. The van der Waals surface area contributed by atoms with Gasteiger partial charge >= 0.3 is 0 Å². The van der Waals surface area contributed by atoms with E-state index in [4.69, 9.17) is 11.6 Å². The van der Waals surface area contributed by atoms with Gasteiger partial charge in [0.1, 0.15) is 5.54 Å². The first-order valence-corrected chi connectivity index (χ1v) is 10.1. The molecule has 2 N–H and O–H groups in total. The van der Waals surface area contributed by atoms with Crippen LogP contribution in [0.3, 0.4) is 0 Å². The second-order valence-corrected chi connectivity index (χ2v) is 9.96. The molecule has 7 heteroatoms. The molecule has 28 heavy (non-hydrogen) atoms. The van der Waals surface area contributed by atoms with Crippen LogP contribution in [0.2, 0.25) is 5.02 Å². The molecule has 4 rings (SSSR count). The van der Waals surface area contributed by atoms with Gasteiger partial charge in [-0.05, 0) is 51.3 Å². The summed E-state index contributed by atoms with van der Waals surface area (Å²) in [6, 6.07) is 4.93. The largest absolute Gasteiger partial charge is 0.324 e. The zero-order chi connectivity index (χ0) is 20.6. The maximum absolute atomic E-state index is 13.5. The monoisotopic (exact) mass is 403 g/mol. The summed E-state index contributed by atoms with van der Waals surface area (Å²) in [4.78, 5) is 41.5. The van der Waals surface area contributed by atoms with Crippen LogP contribution in [-0.4, -0.2) is 34.2 Å². The molecule has 0 bridgehead atoms. The van der Waals surface area contributed by atoms with Gasteiger partial charge in [-0.2, -0.15) is 0 Å². The second-order valence-electron chi connectivity index (χ2n) is 9.52. The van der Waals surface area contributed by atoms with Gasteiger partial charge in [0.2, 0.25) is 17.7 Å². The van der Waals surface area contributed by atoms with Gasteiger partial charge in [-0.3, -0.25) is 24.6 Å². The third-order valence-electron chi connectivity index (χ3n) is 6.07. The maximum Gasteiger partial charge on any atom is 0.250 e. The Balaban J connectivity index is 1.91. The topological polar surface area (TPSA) is 78.5 Å². The quantitative estimate of drug-likeness (QED) is 0.744. The first-order valence-electron chi connectivity index (χ1n) is 9.75. The van der Waals surface area contributed by atoms with Crippen molar-refractivity contribution in [3.8, 4) is 0 Å². The molecule has 1 spiro atoms. The standard InChI is InChI=1S/C21H26ClN3O3/c1-10(2)8-14-15-16(18(27)25(17(15)26)20(3,4)5)21(24-14)12-9-11(22)6-7-13(12)23-19(21)28/h6-7,9-10,14-16,24H,8H2,1-5H3,(H,23,28)/t14-,15-,16+,21-/m1/s1. The van der Waals surface area contributed by atoms with Crippen molar-refractivity contribution in [2.75, 3.05) is 5.32 Å². The van der Waals surface area contributed by atoms with Gasteiger partial charge in [0, 0.05) is 27.9 Å². The van der Waals surface area contributed by atoms with Crippen LogP contribution in [0, 0.1) is 17.8 Å². The SMILES string of the molecule is CC(C)C[C@H]1N[C@@]2(C(=O)Nc3ccc(Cl)cc32)[C@@H]2C(=O)N(C(C)(C)C)C(=O)[C@@H]21. The smallest absolute Gasteiger partial charge is 0.250 e. The van der Waals surface area contributed by atoms with Crippen LogP contribution in [0.4, 0.5) is 5.69 Å². The minimum atomic E-state index is -1.27. The number of halogens is 1. The number of carbonyl (C=O) groups excluding carboxylic acids is 3. The van der Waals surface area contributed by atoms with Crippen molar-refractivity contribution in [2.45, 2.75) is 58.2 Å². The number of amides is 3. The van der Waals surface area contributed by atoms with Gasteiger partial charge < -0.3 is 5.32 Å². The molecule has 3 aliphatic heterocycles. The molecular weight excluding hydrogens is 378 g/mol. The van der Waals surface area contributed by atoms with Crippen LogP contribution < -0.4 is 10.6 Å². The number of hydrogen-bond acceptors (Lipinski definition) is 4. The number of rotatable bonds is 2. The predicted molar refractivity (Wildman–Crippen MR) is 107 cm³/mol. The van der Waals surface area contributed by atoms with E-state index in [2.05, 4.69) is 24.5 Å². The van der Waals surface area contributed by atoms with Gasteiger partial charge in [0.15, 0.2) is 0 Å². The van der Waals surface area contributed by atoms with E-state index < -0.39 is 22.9 Å². The van der Waals surface area contributed by atoms with Gasteiger partial charge in [0.05, 0.1) is 11.8 Å². The number of hydrogen-bond donors (Lipinski definition) is 2. The summed E-state index contributed by atoms with van der Waals surface area (Å²) in [5.74, 6) is -1.80. The van der Waals surface area contributed by atoms with E-state index in [-0.39, 0.29) is 23.8 Å². The molecule has 0 unspecified atom stereocenters. The maximum atomic E-state index is 13.5. The van der Waals surface area contributed by atoms with Crippen molar-refractivity contribution in [2.24, 2.45) is 17.8 Å². The van der Waals surface area contributed by atoms with E-state index in [0.29, 0.717) is 28.6 Å². The normalized spacial score (nSPS) is 31.8. The summed E-state index contributed by atoms with van der Waals surface area (Å²) in [5, 5.41) is 6.81. The van der Waals surface area contributed by atoms with E-state index in [1.165, 1.54) is 4.90 Å². The highest BCUT2D eigenvalue weighted by atomic mass is 35.5. The summed E-state index contributed by atoms with van der Waals surface area (Å²) >= 11 is 6.23. The molecule has 3 heterocycles. The predicted octanol–water partition coefficient (Wildman–Crippen LogP) is 2.91. The number of carbonyl (C=O) groups is 3. The lowest BCUT2D eigenvalue weighted by Crippen LogP contribution is -2.55. The molecule has 2 fully saturated rings. The lowest BCUT2D eigenvalue weighted by molar-refractivity contribution is -0.147. The average Bonchev–Trinajstić information content (AvgIpc) is 3.12. The van der Waals surface area contributed by atoms with Crippen LogP contribution in [0.5, 0.6) is 0 Å². The number of fused-ring (bicyclic) bond motifs is 4. The lowest BCUT2D eigenvalue weighted by Gasteiger charge is -2.34. The molecule has 0 aromatic heterocycles. The molecule has 3 amide bonds. The van der Waals surface area contributed by atoms with Crippen molar-refractivity contribution in [1.29, 1.82) is 0 Å². The Labute approximate surface area is 170 Å². The zero-order valence-corrected chi connectivity index (χ0v) is 17.6. The fourth-order valence-electron chi connectivity index (χ4n) is 5.15. The van der Waals surface area contributed by atoms with Crippen molar-refractivity contribution < 1.29 is 14.4 Å². The lowest BCUT2D eigenvalue weighted by atomic mass is 9.76. The number of anilines is 1. The van der Waals surface area contributed by atoms with Gasteiger partial charge in [-0.1, -0.05) is 25.4 Å². The van der Waals surface area contributed by atoms with Crippen LogP contribution in [-0.2, 0) is 19.9 Å². The fraction of sp³-hybridized carbons (Fsp3) is 0.571. The van der Waals surface area contributed by atoms with E-state index in [9.17, 15) is 14.4 Å². The van der Waals surface area contributed by atoms with Crippen molar-refractivity contribution in [3.05, 3.63) is 28.8 Å². The van der Waals surface area contributed by atoms with Crippen molar-refractivity contribution in [3.63, 3.8) is 0 Å². The minimum Gasteiger partial charge on any atom is -0.324 e. The Bertz CT molecular complexity index is 891. The Kier molecular flexibility index (Phi) is 4.18.